The second-order valence-corrected chi connectivity index (χ2v) is 4.93. The van der Waals surface area contributed by atoms with Crippen molar-refractivity contribution >= 4 is 28.9 Å². The number of amides is 1. The molecule has 0 aliphatic carbocycles. The maximum atomic E-state index is 12.1. The van der Waals surface area contributed by atoms with E-state index in [2.05, 4.69) is 10.3 Å². The predicted molar refractivity (Wildman–Crippen MR) is 72.9 cm³/mol. The summed E-state index contributed by atoms with van der Waals surface area (Å²) >= 11 is 1.09. The summed E-state index contributed by atoms with van der Waals surface area (Å²) in [5.41, 5.74) is 2.10. The Hall–Kier alpha value is -2.21. The summed E-state index contributed by atoms with van der Waals surface area (Å²) in [6.45, 7) is 3.53. The molecule has 0 fully saturated rings. The van der Waals surface area contributed by atoms with E-state index in [0.717, 1.165) is 22.5 Å². The molecule has 0 saturated heterocycles. The molecule has 2 N–H and O–H groups in total. The van der Waals surface area contributed by atoms with Gasteiger partial charge in [-0.3, -0.25) is 9.78 Å². The molecule has 19 heavy (non-hydrogen) atoms. The Balaban J connectivity index is 2.32. The smallest absolute Gasteiger partial charge is 0.348 e. The van der Waals surface area contributed by atoms with Gasteiger partial charge in [0.1, 0.15) is 10.6 Å². The monoisotopic (exact) mass is 276 g/mol. The van der Waals surface area contributed by atoms with Crippen LogP contribution in [0.5, 0.6) is 0 Å². The van der Waals surface area contributed by atoms with Gasteiger partial charge in [-0.1, -0.05) is 6.07 Å². The van der Waals surface area contributed by atoms with Crippen molar-refractivity contribution in [2.24, 2.45) is 0 Å². The molecule has 2 heterocycles. The molecular weight excluding hydrogens is 264 g/mol. The number of aromatic carboxylic acids is 1. The van der Waals surface area contributed by atoms with Crippen LogP contribution in [0.2, 0.25) is 0 Å². The van der Waals surface area contributed by atoms with E-state index in [1.807, 2.05) is 0 Å². The van der Waals surface area contributed by atoms with Gasteiger partial charge >= 0.3 is 5.97 Å². The Bertz CT molecular complexity index is 649. The average Bonchev–Trinajstić information content (AvgIpc) is 2.71. The molecule has 6 heteroatoms. The number of aryl methyl sites for hydroxylation is 2. The second-order valence-electron chi connectivity index (χ2n) is 4.05. The minimum absolute atomic E-state index is 0.124. The lowest BCUT2D eigenvalue weighted by atomic mass is 10.2. The van der Waals surface area contributed by atoms with E-state index >= 15 is 0 Å². The lowest BCUT2D eigenvalue weighted by Gasteiger charge is -2.07. The van der Waals surface area contributed by atoms with Gasteiger partial charge in [0, 0.05) is 6.20 Å². The number of hydrogen-bond donors (Lipinski definition) is 2. The van der Waals surface area contributed by atoms with E-state index in [0.29, 0.717) is 11.4 Å². The van der Waals surface area contributed by atoms with E-state index in [4.69, 9.17) is 5.11 Å². The number of aromatic nitrogens is 1. The van der Waals surface area contributed by atoms with Crippen molar-refractivity contribution in [2.45, 2.75) is 13.8 Å². The fourth-order valence-electron chi connectivity index (χ4n) is 1.65. The maximum absolute atomic E-state index is 12.1. The largest absolute Gasteiger partial charge is 0.477 e. The van der Waals surface area contributed by atoms with Gasteiger partial charge in [-0.05, 0) is 36.4 Å². The van der Waals surface area contributed by atoms with Crippen LogP contribution in [0.3, 0.4) is 0 Å². The summed E-state index contributed by atoms with van der Waals surface area (Å²) in [5.74, 6) is -1.45. The highest BCUT2D eigenvalue weighted by molar-refractivity contribution is 7.12. The summed E-state index contributed by atoms with van der Waals surface area (Å²) in [6, 6.07) is 3.52. The molecule has 0 spiro atoms. The Kier molecular flexibility index (Phi) is 3.62. The van der Waals surface area contributed by atoms with Gasteiger partial charge < -0.3 is 10.4 Å². The first-order valence-electron chi connectivity index (χ1n) is 5.55. The van der Waals surface area contributed by atoms with E-state index in [1.165, 1.54) is 6.20 Å². The van der Waals surface area contributed by atoms with Crippen LogP contribution in [0, 0.1) is 13.8 Å². The second kappa shape index (κ2) is 5.19. The lowest BCUT2D eigenvalue weighted by Crippen LogP contribution is -2.16. The fourth-order valence-corrected chi connectivity index (χ4v) is 2.50. The molecule has 0 saturated carbocycles. The third kappa shape index (κ3) is 2.63. The summed E-state index contributed by atoms with van der Waals surface area (Å²) in [6.07, 6.45) is 1.53. The van der Waals surface area contributed by atoms with Crippen molar-refractivity contribution in [2.75, 3.05) is 5.32 Å². The van der Waals surface area contributed by atoms with Crippen LogP contribution < -0.4 is 5.32 Å². The minimum Gasteiger partial charge on any atom is -0.477 e. The number of nitrogens with one attached hydrogen (secondary N) is 1. The molecule has 2 aromatic heterocycles. The standard InChI is InChI=1S/C13H12N2O3S/c1-7-4-3-5-14-10(7)12(16)15-9-8(2)6-19-11(9)13(17)18/h3-6H,1-2H3,(H,15,16)(H,17,18). The summed E-state index contributed by atoms with van der Waals surface area (Å²) in [4.78, 5) is 27.3. The highest BCUT2D eigenvalue weighted by Crippen LogP contribution is 2.28. The van der Waals surface area contributed by atoms with Gasteiger partial charge in [-0.2, -0.15) is 0 Å². The topological polar surface area (TPSA) is 79.3 Å². The summed E-state index contributed by atoms with van der Waals surface area (Å²) in [7, 11) is 0. The molecular formula is C13H12N2O3S. The molecule has 98 valence electrons. The maximum Gasteiger partial charge on any atom is 0.348 e. The Morgan fingerprint density at radius 2 is 2.05 bits per heavy atom. The van der Waals surface area contributed by atoms with Crippen molar-refractivity contribution in [1.82, 2.24) is 4.98 Å². The quantitative estimate of drug-likeness (QED) is 0.903. The number of rotatable bonds is 3. The fraction of sp³-hybridized carbons (Fsp3) is 0.154. The molecule has 0 atom stereocenters. The minimum atomic E-state index is -1.05. The van der Waals surface area contributed by atoms with Gasteiger partial charge in [-0.15, -0.1) is 11.3 Å². The predicted octanol–water partition coefficient (Wildman–Crippen LogP) is 2.71. The third-order valence-electron chi connectivity index (χ3n) is 2.63. The molecule has 0 aliphatic heterocycles. The van der Waals surface area contributed by atoms with Crippen LogP contribution in [0.15, 0.2) is 23.7 Å². The molecule has 0 aromatic carbocycles. The van der Waals surface area contributed by atoms with Crippen LogP contribution in [-0.4, -0.2) is 22.0 Å². The first-order valence-corrected chi connectivity index (χ1v) is 6.43. The van der Waals surface area contributed by atoms with Crippen molar-refractivity contribution < 1.29 is 14.7 Å². The van der Waals surface area contributed by atoms with E-state index in [-0.39, 0.29) is 4.88 Å². The number of carbonyl (C=O) groups excluding carboxylic acids is 1. The lowest BCUT2D eigenvalue weighted by molar-refractivity contribution is 0.0703. The van der Waals surface area contributed by atoms with Gasteiger partial charge in [0.25, 0.3) is 5.91 Å². The highest BCUT2D eigenvalue weighted by atomic mass is 32.1. The third-order valence-corrected chi connectivity index (χ3v) is 3.72. The molecule has 2 aromatic rings. The van der Waals surface area contributed by atoms with Gasteiger partial charge in [0.2, 0.25) is 0 Å². The van der Waals surface area contributed by atoms with Crippen LogP contribution in [-0.2, 0) is 0 Å². The number of anilines is 1. The molecule has 5 nitrogen and oxygen atoms in total. The van der Waals surface area contributed by atoms with Crippen molar-refractivity contribution in [3.63, 3.8) is 0 Å². The normalized spacial score (nSPS) is 10.2. The van der Waals surface area contributed by atoms with Crippen LogP contribution in [0.25, 0.3) is 0 Å². The van der Waals surface area contributed by atoms with Crippen LogP contribution in [0.4, 0.5) is 5.69 Å². The Labute approximate surface area is 113 Å². The molecule has 2 rings (SSSR count). The van der Waals surface area contributed by atoms with E-state index < -0.39 is 11.9 Å². The van der Waals surface area contributed by atoms with E-state index in [9.17, 15) is 9.59 Å². The SMILES string of the molecule is Cc1cccnc1C(=O)Nc1c(C)csc1C(=O)O. The molecule has 1 amide bonds. The number of carboxylic acids is 1. The van der Waals surface area contributed by atoms with Crippen LogP contribution in [0.1, 0.15) is 31.3 Å². The first kappa shape index (κ1) is 13.2. The number of hydrogen-bond acceptors (Lipinski definition) is 4. The Morgan fingerprint density at radius 3 is 2.68 bits per heavy atom. The zero-order valence-electron chi connectivity index (χ0n) is 10.4. The number of pyridine rings is 1. The summed E-state index contributed by atoms with van der Waals surface area (Å²) < 4.78 is 0. The van der Waals surface area contributed by atoms with E-state index in [1.54, 1.807) is 31.4 Å². The average molecular weight is 276 g/mol. The molecule has 0 bridgehead atoms. The Morgan fingerprint density at radius 1 is 1.32 bits per heavy atom. The van der Waals surface area contributed by atoms with Crippen molar-refractivity contribution in [3.8, 4) is 0 Å². The summed E-state index contributed by atoms with van der Waals surface area (Å²) in [5, 5.41) is 13.4. The van der Waals surface area contributed by atoms with Crippen molar-refractivity contribution in [1.29, 1.82) is 0 Å². The van der Waals surface area contributed by atoms with Crippen LogP contribution >= 0.6 is 11.3 Å². The van der Waals surface area contributed by atoms with Gasteiger partial charge in [-0.25, -0.2) is 4.79 Å². The number of carbonyl (C=O) groups is 2. The highest BCUT2D eigenvalue weighted by Gasteiger charge is 2.19. The van der Waals surface area contributed by atoms with Gasteiger partial charge in [0.05, 0.1) is 5.69 Å². The number of carboxylic acid groups (broad SMARTS) is 1. The number of thiophene rings is 1. The van der Waals surface area contributed by atoms with Crippen molar-refractivity contribution in [3.05, 3.63) is 45.4 Å². The molecule has 0 unspecified atom stereocenters. The molecule has 0 aliphatic rings. The zero-order valence-corrected chi connectivity index (χ0v) is 11.2. The zero-order chi connectivity index (χ0) is 14.0. The number of nitrogens with zero attached hydrogens (tertiary/aromatic N) is 1. The first-order chi connectivity index (χ1) is 9.00. The molecule has 0 radical (unpaired) electrons. The van der Waals surface area contributed by atoms with Gasteiger partial charge in [0.15, 0.2) is 0 Å².